The minimum Gasteiger partial charge on any atom is -0.350 e. The zero-order valence-corrected chi connectivity index (χ0v) is 16.7. The van der Waals surface area contributed by atoms with Crippen LogP contribution in [0.25, 0.3) is 5.57 Å². The number of benzene rings is 3. The summed E-state index contributed by atoms with van der Waals surface area (Å²) >= 11 is 3.44. The normalized spacial score (nSPS) is 14.0. The highest BCUT2D eigenvalue weighted by molar-refractivity contribution is 9.10. The number of anilines is 2. The molecule has 1 N–H and O–H groups in total. The van der Waals surface area contributed by atoms with E-state index in [0.717, 1.165) is 15.7 Å². The Morgan fingerprint density at radius 2 is 1.54 bits per heavy atom. The van der Waals surface area contributed by atoms with E-state index in [0.29, 0.717) is 16.8 Å². The van der Waals surface area contributed by atoms with Gasteiger partial charge in [-0.25, -0.2) is 4.90 Å². The summed E-state index contributed by atoms with van der Waals surface area (Å²) in [6.45, 7) is 1.96. The number of carbonyl (C=O) groups is 2. The molecule has 0 saturated carbocycles. The molecule has 0 unspecified atom stereocenters. The number of rotatable bonds is 4. The van der Waals surface area contributed by atoms with Gasteiger partial charge in [-0.15, -0.1) is 0 Å². The van der Waals surface area contributed by atoms with Crippen molar-refractivity contribution in [1.82, 2.24) is 0 Å². The summed E-state index contributed by atoms with van der Waals surface area (Å²) in [6, 6.07) is 24.1. The Kier molecular flexibility index (Phi) is 4.84. The van der Waals surface area contributed by atoms with Gasteiger partial charge in [-0.1, -0.05) is 70.0 Å². The average molecular weight is 433 g/mol. The molecule has 0 saturated heterocycles. The maximum absolute atomic E-state index is 13.3. The van der Waals surface area contributed by atoms with E-state index in [1.54, 1.807) is 12.1 Å². The molecule has 4 nitrogen and oxygen atoms in total. The predicted octanol–water partition coefficient (Wildman–Crippen LogP) is 5.15. The first-order valence-electron chi connectivity index (χ1n) is 8.82. The number of nitrogens with zero attached hydrogens (tertiary/aromatic N) is 1. The van der Waals surface area contributed by atoms with Crippen molar-refractivity contribution in [2.75, 3.05) is 10.2 Å². The number of aryl methyl sites for hydroxylation is 1. The molecule has 0 aromatic heterocycles. The lowest BCUT2D eigenvalue weighted by Gasteiger charge is -2.15. The maximum atomic E-state index is 13.3. The lowest BCUT2D eigenvalue weighted by atomic mass is 10.0. The van der Waals surface area contributed by atoms with E-state index in [9.17, 15) is 9.59 Å². The smallest absolute Gasteiger partial charge is 0.282 e. The summed E-state index contributed by atoms with van der Waals surface area (Å²) in [7, 11) is 0. The first kappa shape index (κ1) is 18.2. The third-order valence-electron chi connectivity index (χ3n) is 4.53. The average Bonchev–Trinajstić information content (AvgIpc) is 2.93. The van der Waals surface area contributed by atoms with Crippen LogP contribution in [-0.4, -0.2) is 11.8 Å². The molecule has 5 heteroatoms. The third kappa shape index (κ3) is 3.37. The van der Waals surface area contributed by atoms with Crippen LogP contribution >= 0.6 is 15.9 Å². The van der Waals surface area contributed by atoms with Crippen LogP contribution in [-0.2, 0) is 9.59 Å². The van der Waals surface area contributed by atoms with Crippen LogP contribution in [0.1, 0.15) is 11.1 Å². The maximum Gasteiger partial charge on any atom is 0.282 e. The molecule has 3 aromatic rings. The zero-order valence-electron chi connectivity index (χ0n) is 15.1. The lowest BCUT2D eigenvalue weighted by molar-refractivity contribution is -0.120. The Hall–Kier alpha value is -3.18. The van der Waals surface area contributed by atoms with Crippen LogP contribution < -0.4 is 10.2 Å². The molecule has 2 amide bonds. The minimum absolute atomic E-state index is 0.273. The van der Waals surface area contributed by atoms with Crippen molar-refractivity contribution in [3.8, 4) is 0 Å². The molecule has 0 fully saturated rings. The number of carbonyl (C=O) groups excluding carboxylic acids is 2. The van der Waals surface area contributed by atoms with Gasteiger partial charge >= 0.3 is 0 Å². The van der Waals surface area contributed by atoms with Crippen molar-refractivity contribution in [3.63, 3.8) is 0 Å². The van der Waals surface area contributed by atoms with Crippen LogP contribution in [0.4, 0.5) is 11.4 Å². The molecular weight excluding hydrogens is 416 g/mol. The van der Waals surface area contributed by atoms with Crippen LogP contribution in [0.15, 0.2) is 89.0 Å². The molecule has 0 aliphatic carbocycles. The minimum atomic E-state index is -0.368. The Balaban J connectivity index is 1.81. The van der Waals surface area contributed by atoms with Gasteiger partial charge in [-0.3, -0.25) is 9.59 Å². The van der Waals surface area contributed by atoms with Crippen molar-refractivity contribution in [2.24, 2.45) is 0 Å². The predicted molar refractivity (Wildman–Crippen MR) is 115 cm³/mol. The third-order valence-corrected chi connectivity index (χ3v) is 5.03. The second-order valence-electron chi connectivity index (χ2n) is 6.53. The quantitative estimate of drug-likeness (QED) is 0.579. The topological polar surface area (TPSA) is 49.4 Å². The summed E-state index contributed by atoms with van der Waals surface area (Å²) in [5.74, 6) is -0.703. The van der Waals surface area contributed by atoms with Gasteiger partial charge in [0.05, 0.1) is 11.3 Å². The number of hydrogen-bond acceptors (Lipinski definition) is 3. The van der Waals surface area contributed by atoms with E-state index in [4.69, 9.17) is 0 Å². The number of amides is 2. The van der Waals surface area contributed by atoms with Crippen molar-refractivity contribution in [3.05, 3.63) is 100 Å². The fraction of sp³-hybridized carbons (Fsp3) is 0.0435. The largest absolute Gasteiger partial charge is 0.350 e. The van der Waals surface area contributed by atoms with E-state index in [-0.39, 0.29) is 17.5 Å². The first-order chi connectivity index (χ1) is 13.5. The summed E-state index contributed by atoms with van der Waals surface area (Å²) in [5, 5.41) is 3.16. The number of nitrogens with one attached hydrogen (secondary N) is 1. The number of halogens is 1. The zero-order chi connectivity index (χ0) is 19.7. The van der Waals surface area contributed by atoms with Crippen molar-refractivity contribution >= 4 is 44.7 Å². The van der Waals surface area contributed by atoms with Gasteiger partial charge in [0.15, 0.2) is 0 Å². The van der Waals surface area contributed by atoms with Gasteiger partial charge in [0, 0.05) is 10.2 Å². The second kappa shape index (κ2) is 7.44. The molecule has 0 atom stereocenters. The summed E-state index contributed by atoms with van der Waals surface area (Å²) in [4.78, 5) is 27.7. The van der Waals surface area contributed by atoms with E-state index >= 15 is 0 Å². The molecule has 0 spiro atoms. The highest BCUT2D eigenvalue weighted by Crippen LogP contribution is 2.34. The molecule has 0 radical (unpaired) electrons. The molecule has 1 heterocycles. The van der Waals surface area contributed by atoms with Crippen LogP contribution in [0.3, 0.4) is 0 Å². The van der Waals surface area contributed by atoms with Crippen LogP contribution in [0, 0.1) is 6.92 Å². The molecule has 4 rings (SSSR count). The molecule has 1 aliphatic rings. The van der Waals surface area contributed by atoms with Gasteiger partial charge in [0.2, 0.25) is 0 Å². The van der Waals surface area contributed by atoms with E-state index in [2.05, 4.69) is 21.2 Å². The molecule has 28 heavy (non-hydrogen) atoms. The number of hydrogen-bond donors (Lipinski definition) is 1. The van der Waals surface area contributed by atoms with Crippen LogP contribution in [0.5, 0.6) is 0 Å². The van der Waals surface area contributed by atoms with Gasteiger partial charge in [-0.2, -0.15) is 0 Å². The van der Waals surface area contributed by atoms with E-state index in [1.807, 2.05) is 73.7 Å². The first-order valence-corrected chi connectivity index (χ1v) is 9.61. The fourth-order valence-corrected chi connectivity index (χ4v) is 3.56. The molecular formula is C23H17BrN2O2. The molecule has 138 valence electrons. The second-order valence-corrected chi connectivity index (χ2v) is 7.45. The van der Waals surface area contributed by atoms with E-state index in [1.165, 1.54) is 4.90 Å². The molecule has 3 aromatic carbocycles. The lowest BCUT2D eigenvalue weighted by Crippen LogP contribution is -2.32. The standard InChI is InChI=1S/C23H17BrN2O2/c1-15-10-12-19(13-11-15)26-22(27)20(16-6-3-2-4-7-16)21(23(26)28)25-18-9-5-8-17(24)14-18/h2-14,25H,1H3. The van der Waals surface area contributed by atoms with Gasteiger partial charge in [0.1, 0.15) is 5.70 Å². The summed E-state index contributed by atoms with van der Waals surface area (Å²) in [6.07, 6.45) is 0. The van der Waals surface area contributed by atoms with Crippen molar-refractivity contribution in [2.45, 2.75) is 6.92 Å². The van der Waals surface area contributed by atoms with Crippen molar-refractivity contribution < 1.29 is 9.59 Å². The number of imide groups is 1. The van der Waals surface area contributed by atoms with Crippen molar-refractivity contribution in [1.29, 1.82) is 0 Å². The molecule has 1 aliphatic heterocycles. The Labute approximate surface area is 171 Å². The fourth-order valence-electron chi connectivity index (χ4n) is 3.16. The SMILES string of the molecule is Cc1ccc(N2C(=O)C(Nc3cccc(Br)c3)=C(c3ccccc3)C2=O)cc1. The Morgan fingerprint density at radius 3 is 2.21 bits per heavy atom. The van der Waals surface area contributed by atoms with E-state index < -0.39 is 0 Å². The van der Waals surface area contributed by atoms with Gasteiger partial charge in [-0.05, 0) is 42.8 Å². The Bertz CT molecular complexity index is 1090. The highest BCUT2D eigenvalue weighted by atomic mass is 79.9. The summed E-state index contributed by atoms with van der Waals surface area (Å²) in [5.41, 5.74) is 3.69. The van der Waals surface area contributed by atoms with Gasteiger partial charge in [0.25, 0.3) is 11.8 Å². The van der Waals surface area contributed by atoms with Gasteiger partial charge < -0.3 is 5.32 Å². The summed E-state index contributed by atoms with van der Waals surface area (Å²) < 4.78 is 0.881. The molecule has 0 bridgehead atoms. The monoisotopic (exact) mass is 432 g/mol. The van der Waals surface area contributed by atoms with Crippen LogP contribution in [0.2, 0.25) is 0 Å². The highest BCUT2D eigenvalue weighted by Gasteiger charge is 2.40. The Morgan fingerprint density at radius 1 is 0.821 bits per heavy atom.